The monoisotopic (exact) mass is 310 g/mol. The van der Waals surface area contributed by atoms with E-state index in [0.717, 1.165) is 26.3 Å². The van der Waals surface area contributed by atoms with Crippen LogP contribution in [0.2, 0.25) is 0 Å². The van der Waals surface area contributed by atoms with Gasteiger partial charge in [-0.1, -0.05) is 18.2 Å². The highest BCUT2D eigenvalue weighted by molar-refractivity contribution is 7.85. The van der Waals surface area contributed by atoms with E-state index in [-0.39, 0.29) is 0 Å². The van der Waals surface area contributed by atoms with E-state index in [1.165, 1.54) is 22.2 Å². The summed E-state index contributed by atoms with van der Waals surface area (Å²) in [7, 11) is -3.67. The second-order valence-electron chi connectivity index (χ2n) is 5.37. The second-order valence-corrected chi connectivity index (χ2v) is 6.84. The summed E-state index contributed by atoms with van der Waals surface area (Å²) in [4.78, 5) is 5.98. The third-order valence-electron chi connectivity index (χ3n) is 3.80. The molecule has 2 N–H and O–H groups in total. The van der Waals surface area contributed by atoms with Crippen LogP contribution in [0.5, 0.6) is 0 Å². The van der Waals surface area contributed by atoms with Gasteiger partial charge in [-0.3, -0.25) is 9.45 Å². The van der Waals surface area contributed by atoms with Crippen molar-refractivity contribution in [3.05, 3.63) is 35.5 Å². The lowest BCUT2D eigenvalue weighted by Gasteiger charge is -2.27. The number of ether oxygens (including phenoxy) is 1. The Kier molecular flexibility index (Phi) is 3.75. The van der Waals surface area contributed by atoms with Crippen LogP contribution in [0.15, 0.2) is 24.3 Å². The number of para-hydroxylation sites is 1. The summed E-state index contributed by atoms with van der Waals surface area (Å²) in [6.45, 7) is 2.75. The normalized spacial score (nSPS) is 21.5. The molecule has 21 heavy (non-hydrogen) atoms. The zero-order valence-electron chi connectivity index (χ0n) is 11.7. The predicted octanol–water partition coefficient (Wildman–Crippen LogP) is 1.56. The number of nitrogens with zero attached hydrogens (tertiary/aromatic N) is 1. The summed E-state index contributed by atoms with van der Waals surface area (Å²) in [5.74, 6) is 0. The maximum Gasteiger partial charge on any atom is 0.261 e. The number of rotatable bonds is 0. The molecule has 2 aliphatic rings. The molecule has 0 aliphatic carbocycles. The molecule has 2 aromatic rings. The number of nitrogens with one attached hydrogen (secondary N) is 1. The van der Waals surface area contributed by atoms with Crippen LogP contribution in [0.3, 0.4) is 0 Å². The van der Waals surface area contributed by atoms with Crippen LogP contribution in [-0.4, -0.2) is 49.0 Å². The minimum Gasteiger partial charge on any atom is -0.364 e. The molecule has 1 aromatic heterocycles. The van der Waals surface area contributed by atoms with Gasteiger partial charge in [0.2, 0.25) is 0 Å². The first kappa shape index (κ1) is 14.5. The Hall–Kier alpha value is -1.41. The standard InChI is InChI=1S/C13H14N2O.CH4O3S/c1-2-4-11-9(3-1)10-5-6-15-8-16-7-12(15)13(10)14-11;1-5(2,3)4/h1-4,12,14H,5-8H2;1H3,(H,2,3,4). The highest BCUT2D eigenvalue weighted by Crippen LogP contribution is 2.36. The fourth-order valence-electron chi connectivity index (χ4n) is 2.99. The number of benzene rings is 1. The lowest BCUT2D eigenvalue weighted by molar-refractivity contribution is 0.137. The summed E-state index contributed by atoms with van der Waals surface area (Å²) in [6.07, 6.45) is 1.85. The Morgan fingerprint density at radius 1 is 1.38 bits per heavy atom. The third kappa shape index (κ3) is 3.11. The van der Waals surface area contributed by atoms with E-state index >= 15 is 0 Å². The Morgan fingerprint density at radius 3 is 2.86 bits per heavy atom. The summed E-state index contributed by atoms with van der Waals surface area (Å²) in [5.41, 5.74) is 4.15. The predicted molar refractivity (Wildman–Crippen MR) is 79.7 cm³/mol. The van der Waals surface area contributed by atoms with Crippen LogP contribution >= 0.6 is 0 Å². The maximum absolute atomic E-state index is 9.19. The molecule has 1 atom stereocenters. The molecule has 0 amide bonds. The van der Waals surface area contributed by atoms with Gasteiger partial charge in [-0.05, 0) is 18.1 Å². The molecule has 0 saturated carbocycles. The van der Waals surface area contributed by atoms with E-state index in [1.54, 1.807) is 0 Å². The number of aromatic amines is 1. The first-order chi connectivity index (χ1) is 9.93. The molecule has 0 radical (unpaired) electrons. The van der Waals surface area contributed by atoms with Crippen LogP contribution in [0.25, 0.3) is 10.9 Å². The molecular formula is C14H18N2O4S. The van der Waals surface area contributed by atoms with Crippen molar-refractivity contribution in [3.8, 4) is 0 Å². The molecule has 1 fully saturated rings. The second kappa shape index (κ2) is 5.42. The molecule has 4 rings (SSSR count). The van der Waals surface area contributed by atoms with Gasteiger partial charge in [-0.25, -0.2) is 0 Å². The van der Waals surface area contributed by atoms with Crippen LogP contribution in [-0.2, 0) is 21.3 Å². The first-order valence-electron chi connectivity index (χ1n) is 6.77. The zero-order valence-corrected chi connectivity index (χ0v) is 12.6. The molecule has 6 nitrogen and oxygen atoms in total. The van der Waals surface area contributed by atoms with Crippen LogP contribution < -0.4 is 0 Å². The number of hydrogen-bond acceptors (Lipinski definition) is 4. The molecule has 1 saturated heterocycles. The molecule has 114 valence electrons. The van der Waals surface area contributed by atoms with Gasteiger partial charge in [-0.15, -0.1) is 0 Å². The van der Waals surface area contributed by atoms with Crippen LogP contribution in [0.1, 0.15) is 17.3 Å². The van der Waals surface area contributed by atoms with Gasteiger partial charge in [0.1, 0.15) is 0 Å². The maximum atomic E-state index is 9.19. The van der Waals surface area contributed by atoms with Gasteiger partial charge >= 0.3 is 0 Å². The largest absolute Gasteiger partial charge is 0.364 e. The van der Waals surface area contributed by atoms with E-state index in [1.807, 2.05) is 0 Å². The minimum absolute atomic E-state index is 0.455. The van der Waals surface area contributed by atoms with Crippen molar-refractivity contribution >= 4 is 21.0 Å². The van der Waals surface area contributed by atoms with Gasteiger partial charge in [0.05, 0.1) is 25.6 Å². The van der Waals surface area contributed by atoms with Crippen molar-refractivity contribution in [2.24, 2.45) is 0 Å². The Labute approximate surface area is 123 Å². The molecule has 1 unspecified atom stereocenters. The summed E-state index contributed by atoms with van der Waals surface area (Å²) >= 11 is 0. The molecule has 2 aliphatic heterocycles. The van der Waals surface area contributed by atoms with E-state index in [4.69, 9.17) is 9.29 Å². The summed E-state index contributed by atoms with van der Waals surface area (Å²) in [5, 5.41) is 1.39. The minimum atomic E-state index is -3.67. The lowest BCUT2D eigenvalue weighted by Crippen LogP contribution is -2.31. The molecule has 0 spiro atoms. The van der Waals surface area contributed by atoms with Crippen molar-refractivity contribution in [2.45, 2.75) is 12.5 Å². The molecule has 3 heterocycles. The SMILES string of the molecule is CS(=O)(=O)O.c1ccc2c3c([nH]c2c1)C1COCN1CC3. The average Bonchev–Trinajstić information content (AvgIpc) is 3.00. The number of fused-ring (bicyclic) bond motifs is 5. The van der Waals surface area contributed by atoms with Gasteiger partial charge < -0.3 is 9.72 Å². The smallest absolute Gasteiger partial charge is 0.261 e. The van der Waals surface area contributed by atoms with Crippen LogP contribution in [0, 0.1) is 0 Å². The van der Waals surface area contributed by atoms with E-state index in [2.05, 4.69) is 34.1 Å². The van der Waals surface area contributed by atoms with E-state index in [9.17, 15) is 8.42 Å². The average molecular weight is 310 g/mol. The third-order valence-corrected chi connectivity index (χ3v) is 3.80. The highest BCUT2D eigenvalue weighted by Gasteiger charge is 2.33. The van der Waals surface area contributed by atoms with E-state index < -0.39 is 10.1 Å². The molecule has 1 aromatic carbocycles. The van der Waals surface area contributed by atoms with Gasteiger partial charge in [0.15, 0.2) is 0 Å². The Morgan fingerprint density at radius 2 is 2.10 bits per heavy atom. The zero-order chi connectivity index (χ0) is 15.0. The lowest BCUT2D eigenvalue weighted by atomic mass is 9.99. The van der Waals surface area contributed by atoms with Crippen LogP contribution in [0.4, 0.5) is 0 Å². The van der Waals surface area contributed by atoms with Crippen molar-refractivity contribution in [1.82, 2.24) is 9.88 Å². The van der Waals surface area contributed by atoms with E-state index in [0.29, 0.717) is 12.3 Å². The highest BCUT2D eigenvalue weighted by atomic mass is 32.2. The fourth-order valence-corrected chi connectivity index (χ4v) is 2.99. The quantitative estimate of drug-likeness (QED) is 0.722. The summed E-state index contributed by atoms with van der Waals surface area (Å²) < 4.78 is 31.4. The first-order valence-corrected chi connectivity index (χ1v) is 8.62. The molecular weight excluding hydrogens is 292 g/mol. The topological polar surface area (TPSA) is 82.6 Å². The number of aromatic nitrogens is 1. The van der Waals surface area contributed by atoms with Gasteiger partial charge in [-0.2, -0.15) is 8.42 Å². The van der Waals surface area contributed by atoms with Crippen molar-refractivity contribution in [3.63, 3.8) is 0 Å². The molecule has 0 bridgehead atoms. The Balaban J connectivity index is 0.000000233. The molecule has 7 heteroatoms. The fraction of sp³-hybridized carbons (Fsp3) is 0.429. The van der Waals surface area contributed by atoms with Crippen molar-refractivity contribution < 1.29 is 17.7 Å². The Bertz CT molecular complexity index is 745. The van der Waals surface area contributed by atoms with Crippen molar-refractivity contribution in [1.29, 1.82) is 0 Å². The van der Waals surface area contributed by atoms with Crippen molar-refractivity contribution in [2.75, 3.05) is 26.1 Å². The van der Waals surface area contributed by atoms with Gasteiger partial charge in [0.25, 0.3) is 10.1 Å². The number of hydrogen-bond donors (Lipinski definition) is 2. The van der Waals surface area contributed by atoms with Gasteiger partial charge in [0, 0.05) is 23.1 Å². The summed E-state index contributed by atoms with van der Waals surface area (Å²) in [6, 6.07) is 9.04. The number of H-pyrrole nitrogens is 1.